The number of nitrogens with zero attached hydrogens (tertiary/aromatic N) is 5. The van der Waals surface area contributed by atoms with Crippen molar-refractivity contribution in [2.75, 3.05) is 56.7 Å². The maximum Gasteiger partial charge on any atom is 0.353 e. The first-order valence-corrected chi connectivity index (χ1v) is 14.7. The van der Waals surface area contributed by atoms with Crippen LogP contribution in [0.15, 0.2) is 48.5 Å². The van der Waals surface area contributed by atoms with Crippen LogP contribution in [0.5, 0.6) is 6.01 Å². The van der Waals surface area contributed by atoms with Crippen molar-refractivity contribution < 1.29 is 23.9 Å². The highest BCUT2D eigenvalue weighted by atomic mass is 16.6. The molecule has 2 N–H and O–H groups in total. The Balaban J connectivity index is 1.57. The van der Waals surface area contributed by atoms with Gasteiger partial charge in [-0.15, -0.1) is 0 Å². The molecule has 43 heavy (non-hydrogen) atoms. The van der Waals surface area contributed by atoms with Gasteiger partial charge in [-0.1, -0.05) is 49.4 Å². The molecule has 1 aliphatic rings. The molecule has 0 saturated carbocycles. The van der Waals surface area contributed by atoms with Gasteiger partial charge >= 0.3 is 17.7 Å². The Morgan fingerprint density at radius 3 is 2.49 bits per heavy atom. The number of nitro groups is 1. The molecule has 12 nitrogen and oxygen atoms in total. The third-order valence-electron chi connectivity index (χ3n) is 6.98. The number of aromatic nitrogens is 2. The van der Waals surface area contributed by atoms with Crippen molar-refractivity contribution in [3.05, 3.63) is 69.8 Å². The second kappa shape index (κ2) is 15.8. The number of benzene rings is 2. The number of rotatable bonds is 16. The molecule has 230 valence electrons. The van der Waals surface area contributed by atoms with Gasteiger partial charge in [0, 0.05) is 19.7 Å². The molecule has 1 aromatic heterocycles. The van der Waals surface area contributed by atoms with Crippen molar-refractivity contribution >= 4 is 23.3 Å². The van der Waals surface area contributed by atoms with E-state index >= 15 is 0 Å². The van der Waals surface area contributed by atoms with Gasteiger partial charge in [-0.05, 0) is 67.6 Å². The van der Waals surface area contributed by atoms with Gasteiger partial charge in [0.15, 0.2) is 0 Å². The van der Waals surface area contributed by atoms with Gasteiger partial charge in [-0.2, -0.15) is 9.97 Å². The topological polar surface area (TPSA) is 146 Å². The molecule has 12 heteroatoms. The number of likely N-dealkylation sites (tertiary alicyclic amines) is 1. The number of hydrogen-bond donors (Lipinski definition) is 1. The molecule has 0 atom stereocenters. The maximum absolute atomic E-state index is 12.6. The number of hydrogen-bond acceptors (Lipinski definition) is 11. The molecular weight excluding hydrogens is 552 g/mol. The summed E-state index contributed by atoms with van der Waals surface area (Å²) >= 11 is 0. The van der Waals surface area contributed by atoms with E-state index in [-0.39, 0.29) is 43.9 Å². The minimum Gasteiger partial charge on any atom is -0.465 e. The number of anilines is 2. The van der Waals surface area contributed by atoms with Crippen molar-refractivity contribution in [2.24, 2.45) is 0 Å². The van der Waals surface area contributed by atoms with Gasteiger partial charge in [0.2, 0.25) is 11.6 Å². The van der Waals surface area contributed by atoms with E-state index in [9.17, 15) is 14.9 Å². The predicted octanol–water partition coefficient (Wildman–Crippen LogP) is 4.60. The van der Waals surface area contributed by atoms with Crippen LogP contribution < -0.4 is 15.4 Å². The molecule has 0 unspecified atom stereocenters. The number of nitrogen functional groups attached to an aromatic ring is 1. The predicted molar refractivity (Wildman–Crippen MR) is 164 cm³/mol. The van der Waals surface area contributed by atoms with Crippen LogP contribution in [0.1, 0.15) is 44.2 Å². The minimum atomic E-state index is -0.658. The van der Waals surface area contributed by atoms with Crippen LogP contribution in [0.3, 0.4) is 0 Å². The molecule has 1 fully saturated rings. The number of ether oxygens (including phenoxy) is 3. The van der Waals surface area contributed by atoms with Crippen LogP contribution in [-0.2, 0) is 27.4 Å². The minimum absolute atomic E-state index is 0.129. The van der Waals surface area contributed by atoms with Gasteiger partial charge in [0.1, 0.15) is 13.2 Å². The van der Waals surface area contributed by atoms with Crippen LogP contribution in [0, 0.1) is 10.1 Å². The lowest BCUT2D eigenvalue weighted by atomic mass is 10.0. The lowest BCUT2D eigenvalue weighted by molar-refractivity contribution is -0.383. The number of carbonyl (C=O) groups excluding carboxylic acids is 1. The molecule has 2 aromatic carbocycles. The lowest BCUT2D eigenvalue weighted by Crippen LogP contribution is -2.32. The molecule has 2 heterocycles. The molecule has 0 aliphatic carbocycles. The Hall–Kier alpha value is -4.29. The Bertz CT molecular complexity index is 1360. The zero-order valence-corrected chi connectivity index (χ0v) is 24.9. The van der Waals surface area contributed by atoms with E-state index in [0.717, 1.165) is 42.7 Å². The first-order valence-electron chi connectivity index (χ1n) is 14.7. The largest absolute Gasteiger partial charge is 0.465 e. The third-order valence-corrected chi connectivity index (χ3v) is 6.98. The van der Waals surface area contributed by atoms with E-state index in [1.807, 2.05) is 31.2 Å². The SMILES string of the molecule is CCCOCCOc1nc(N)c([N+](=O)[O-])c(N(CC(=O)OCC)Cc2ccc(-c3cccc(CN4CCCC4)c3)cc2)n1. The molecule has 3 aromatic rings. The van der Waals surface area contributed by atoms with Crippen molar-refractivity contribution in [2.45, 2.75) is 46.2 Å². The van der Waals surface area contributed by atoms with E-state index in [1.165, 1.54) is 23.3 Å². The first kappa shape index (κ1) is 31.6. The highest BCUT2D eigenvalue weighted by molar-refractivity contribution is 5.79. The molecule has 0 radical (unpaired) electrons. The normalized spacial score (nSPS) is 13.2. The summed E-state index contributed by atoms with van der Waals surface area (Å²) in [5, 5.41) is 12.0. The molecular formula is C31H40N6O6. The molecule has 4 rings (SSSR count). The highest BCUT2D eigenvalue weighted by Gasteiger charge is 2.29. The second-order valence-corrected chi connectivity index (χ2v) is 10.3. The summed E-state index contributed by atoms with van der Waals surface area (Å²) in [6.07, 6.45) is 3.36. The van der Waals surface area contributed by atoms with E-state index in [0.29, 0.717) is 13.2 Å². The average molecular weight is 593 g/mol. The molecule has 1 aliphatic heterocycles. The van der Waals surface area contributed by atoms with Crippen LogP contribution >= 0.6 is 0 Å². The van der Waals surface area contributed by atoms with Crippen LogP contribution in [0.4, 0.5) is 17.3 Å². The zero-order chi connectivity index (χ0) is 30.6. The average Bonchev–Trinajstić information content (AvgIpc) is 3.50. The van der Waals surface area contributed by atoms with Gasteiger partial charge in [0.05, 0.1) is 18.1 Å². The van der Waals surface area contributed by atoms with Gasteiger partial charge in [-0.25, -0.2) is 0 Å². The van der Waals surface area contributed by atoms with Crippen LogP contribution in [0.25, 0.3) is 11.1 Å². The Morgan fingerprint density at radius 2 is 1.79 bits per heavy atom. The van der Waals surface area contributed by atoms with Crippen molar-refractivity contribution in [1.82, 2.24) is 14.9 Å². The number of nitrogens with two attached hydrogens (primary N) is 1. The Labute approximate surface area is 251 Å². The molecule has 0 bridgehead atoms. The van der Waals surface area contributed by atoms with E-state index in [4.69, 9.17) is 19.9 Å². The standard InChI is InChI=1S/C31H40N6O6/c1-3-16-41-17-18-43-31-33-29(32)28(37(39)40)30(34-31)36(22-27(38)42-4-2)21-23-10-12-25(13-11-23)26-9-7-8-24(19-26)20-35-14-5-6-15-35/h7-13,19H,3-6,14-18,20-22H2,1-2H3,(H2,32,33,34). The molecule has 0 spiro atoms. The van der Waals surface area contributed by atoms with Crippen molar-refractivity contribution in [1.29, 1.82) is 0 Å². The van der Waals surface area contributed by atoms with E-state index in [1.54, 1.807) is 6.92 Å². The summed E-state index contributed by atoms with van der Waals surface area (Å²) in [6, 6.07) is 16.2. The third kappa shape index (κ3) is 9.10. The quantitative estimate of drug-likeness (QED) is 0.108. The maximum atomic E-state index is 12.6. The van der Waals surface area contributed by atoms with E-state index in [2.05, 4.69) is 39.1 Å². The first-order chi connectivity index (χ1) is 20.9. The summed E-state index contributed by atoms with van der Waals surface area (Å²) in [4.78, 5) is 36.1. The van der Waals surface area contributed by atoms with Gasteiger partial charge in [0.25, 0.3) is 0 Å². The number of carbonyl (C=O) groups is 1. The fourth-order valence-electron chi connectivity index (χ4n) is 4.98. The van der Waals surface area contributed by atoms with Gasteiger partial charge < -0.3 is 24.8 Å². The highest BCUT2D eigenvalue weighted by Crippen LogP contribution is 2.34. The molecule has 0 amide bonds. The summed E-state index contributed by atoms with van der Waals surface area (Å²) in [5.74, 6) is -1.05. The number of esters is 1. The summed E-state index contributed by atoms with van der Waals surface area (Å²) in [5.41, 5.74) is 9.71. The monoisotopic (exact) mass is 592 g/mol. The van der Waals surface area contributed by atoms with Gasteiger partial charge in [-0.3, -0.25) is 19.8 Å². The zero-order valence-electron chi connectivity index (χ0n) is 24.9. The van der Waals surface area contributed by atoms with Crippen molar-refractivity contribution in [3.63, 3.8) is 0 Å². The van der Waals surface area contributed by atoms with E-state index < -0.39 is 16.6 Å². The van der Waals surface area contributed by atoms with Crippen LogP contribution in [-0.4, -0.2) is 71.8 Å². The summed E-state index contributed by atoms with van der Waals surface area (Å²) in [6.45, 7) is 7.91. The summed E-state index contributed by atoms with van der Waals surface area (Å²) in [7, 11) is 0. The Kier molecular flexibility index (Phi) is 11.6. The summed E-state index contributed by atoms with van der Waals surface area (Å²) < 4.78 is 16.2. The Morgan fingerprint density at radius 1 is 1.02 bits per heavy atom. The fourth-order valence-corrected chi connectivity index (χ4v) is 4.98. The lowest BCUT2D eigenvalue weighted by Gasteiger charge is -2.23. The molecule has 1 saturated heterocycles. The smallest absolute Gasteiger partial charge is 0.353 e. The van der Waals surface area contributed by atoms with Crippen LogP contribution in [0.2, 0.25) is 0 Å². The second-order valence-electron chi connectivity index (χ2n) is 10.3. The van der Waals surface area contributed by atoms with Crippen molar-refractivity contribution in [3.8, 4) is 17.1 Å². The fraction of sp³-hybridized carbons (Fsp3) is 0.452.